The van der Waals surface area contributed by atoms with Gasteiger partial charge >= 0.3 is 0 Å². The maximum Gasteiger partial charge on any atom is 0.226 e. The Balaban J connectivity index is 1.97. The Morgan fingerprint density at radius 1 is 1.25 bits per heavy atom. The molecule has 0 saturated carbocycles. The number of halogens is 1. The summed E-state index contributed by atoms with van der Waals surface area (Å²) in [5, 5.41) is 2.73. The van der Waals surface area contributed by atoms with Crippen LogP contribution in [0.5, 0.6) is 0 Å². The number of carbonyl (C=O) groups excluding carboxylic acids is 1. The van der Waals surface area contributed by atoms with E-state index in [0.717, 1.165) is 5.56 Å². The van der Waals surface area contributed by atoms with Gasteiger partial charge in [0.2, 0.25) is 5.91 Å². The van der Waals surface area contributed by atoms with Crippen LogP contribution in [0, 0.1) is 12.7 Å². The summed E-state index contributed by atoms with van der Waals surface area (Å²) < 4.78 is 13.1. The Morgan fingerprint density at radius 3 is 2.60 bits per heavy atom. The zero-order valence-electron chi connectivity index (χ0n) is 11.3. The van der Waals surface area contributed by atoms with Crippen LogP contribution in [-0.4, -0.2) is 5.91 Å². The average Bonchev–Trinajstić information content (AvgIpc) is 2.44. The molecule has 0 radical (unpaired) electrons. The number of carbonyl (C=O) groups is 1. The predicted octanol–water partition coefficient (Wildman–Crippen LogP) is 3.16. The number of amides is 1. The maximum absolute atomic E-state index is 13.1. The van der Waals surface area contributed by atoms with E-state index in [-0.39, 0.29) is 24.2 Å². The van der Waals surface area contributed by atoms with Gasteiger partial charge in [-0.1, -0.05) is 30.3 Å². The summed E-state index contributed by atoms with van der Waals surface area (Å²) in [5.74, 6) is -0.476. The first-order valence-electron chi connectivity index (χ1n) is 6.43. The zero-order valence-corrected chi connectivity index (χ0v) is 11.3. The van der Waals surface area contributed by atoms with Gasteiger partial charge < -0.3 is 11.1 Å². The summed E-state index contributed by atoms with van der Waals surface area (Å²) in [4.78, 5) is 11.9. The van der Waals surface area contributed by atoms with Crippen molar-refractivity contribution >= 4 is 11.6 Å². The van der Waals surface area contributed by atoms with E-state index in [1.54, 1.807) is 13.0 Å². The van der Waals surface area contributed by atoms with Gasteiger partial charge in [-0.25, -0.2) is 4.39 Å². The van der Waals surface area contributed by atoms with Crippen LogP contribution in [0.4, 0.5) is 10.1 Å². The lowest BCUT2D eigenvalue weighted by Gasteiger charge is -2.12. The molecule has 0 bridgehead atoms. The first-order chi connectivity index (χ1) is 9.56. The second-order valence-corrected chi connectivity index (χ2v) is 4.73. The van der Waals surface area contributed by atoms with Gasteiger partial charge in [-0.05, 0) is 36.2 Å². The molecule has 2 aromatic carbocycles. The van der Waals surface area contributed by atoms with Crippen molar-refractivity contribution in [3.05, 3.63) is 65.5 Å². The SMILES string of the molecule is Cc1cc(NC(=O)CC(N)c2ccccc2)ccc1F. The highest BCUT2D eigenvalue weighted by Gasteiger charge is 2.11. The molecular formula is C16H17FN2O. The van der Waals surface area contributed by atoms with Crippen molar-refractivity contribution in [3.63, 3.8) is 0 Å². The molecule has 1 amide bonds. The van der Waals surface area contributed by atoms with Crippen LogP contribution in [0.2, 0.25) is 0 Å². The number of aryl methyl sites for hydroxylation is 1. The molecule has 20 heavy (non-hydrogen) atoms. The molecule has 0 aliphatic carbocycles. The molecule has 2 aromatic rings. The first-order valence-corrected chi connectivity index (χ1v) is 6.43. The van der Waals surface area contributed by atoms with Crippen LogP contribution >= 0.6 is 0 Å². The highest BCUT2D eigenvalue weighted by Crippen LogP contribution is 2.17. The normalized spacial score (nSPS) is 11.9. The third-order valence-electron chi connectivity index (χ3n) is 3.07. The second-order valence-electron chi connectivity index (χ2n) is 4.73. The Hall–Kier alpha value is -2.20. The van der Waals surface area contributed by atoms with Gasteiger partial charge in [0.25, 0.3) is 0 Å². The lowest BCUT2D eigenvalue weighted by atomic mass is 10.0. The van der Waals surface area contributed by atoms with Crippen LogP contribution in [0.3, 0.4) is 0 Å². The third-order valence-corrected chi connectivity index (χ3v) is 3.07. The number of nitrogens with one attached hydrogen (secondary N) is 1. The molecule has 4 heteroatoms. The van der Waals surface area contributed by atoms with Crippen LogP contribution in [0.25, 0.3) is 0 Å². The van der Waals surface area contributed by atoms with E-state index in [9.17, 15) is 9.18 Å². The lowest BCUT2D eigenvalue weighted by Crippen LogP contribution is -2.20. The predicted molar refractivity (Wildman–Crippen MR) is 77.8 cm³/mol. The second kappa shape index (κ2) is 6.30. The van der Waals surface area contributed by atoms with Gasteiger partial charge in [0.15, 0.2) is 0 Å². The van der Waals surface area contributed by atoms with E-state index in [2.05, 4.69) is 5.32 Å². The molecule has 0 heterocycles. The summed E-state index contributed by atoms with van der Waals surface area (Å²) in [6.07, 6.45) is 0.181. The van der Waals surface area contributed by atoms with E-state index < -0.39 is 0 Å². The summed E-state index contributed by atoms with van der Waals surface area (Å²) in [6, 6.07) is 13.6. The van der Waals surface area contributed by atoms with Crippen molar-refractivity contribution in [3.8, 4) is 0 Å². The fourth-order valence-corrected chi connectivity index (χ4v) is 1.95. The number of anilines is 1. The van der Waals surface area contributed by atoms with Crippen molar-refractivity contribution in [2.24, 2.45) is 5.73 Å². The number of rotatable bonds is 4. The Morgan fingerprint density at radius 2 is 1.95 bits per heavy atom. The molecule has 0 aromatic heterocycles. The monoisotopic (exact) mass is 272 g/mol. The molecule has 3 nitrogen and oxygen atoms in total. The summed E-state index contributed by atoms with van der Waals surface area (Å²) in [5.41, 5.74) is 7.97. The van der Waals surface area contributed by atoms with Gasteiger partial charge in [0.1, 0.15) is 5.82 Å². The molecule has 104 valence electrons. The van der Waals surface area contributed by atoms with E-state index in [0.29, 0.717) is 11.3 Å². The molecule has 0 spiro atoms. The highest BCUT2D eigenvalue weighted by molar-refractivity contribution is 5.91. The molecule has 0 aliphatic heterocycles. The Kier molecular flexibility index (Phi) is 4.48. The van der Waals surface area contributed by atoms with E-state index >= 15 is 0 Å². The smallest absolute Gasteiger partial charge is 0.226 e. The number of benzene rings is 2. The quantitative estimate of drug-likeness (QED) is 0.898. The van der Waals surface area contributed by atoms with E-state index in [4.69, 9.17) is 5.73 Å². The molecule has 0 fully saturated rings. The minimum atomic E-state index is -0.349. The van der Waals surface area contributed by atoms with Gasteiger partial charge in [-0.3, -0.25) is 4.79 Å². The Bertz CT molecular complexity index is 599. The van der Waals surface area contributed by atoms with E-state index in [1.165, 1.54) is 12.1 Å². The molecular weight excluding hydrogens is 255 g/mol. The number of hydrogen-bond acceptors (Lipinski definition) is 2. The van der Waals surface area contributed by atoms with Gasteiger partial charge in [0.05, 0.1) is 0 Å². The fourth-order valence-electron chi connectivity index (χ4n) is 1.95. The Labute approximate surface area is 117 Å². The highest BCUT2D eigenvalue weighted by atomic mass is 19.1. The summed E-state index contributed by atoms with van der Waals surface area (Å²) in [6.45, 7) is 1.65. The largest absolute Gasteiger partial charge is 0.326 e. The maximum atomic E-state index is 13.1. The van der Waals surface area contributed by atoms with Gasteiger partial charge in [-0.2, -0.15) is 0 Å². The molecule has 2 rings (SSSR count). The zero-order chi connectivity index (χ0) is 14.5. The van der Waals surface area contributed by atoms with Gasteiger partial charge in [-0.15, -0.1) is 0 Å². The summed E-state index contributed by atoms with van der Waals surface area (Å²) in [7, 11) is 0. The minimum Gasteiger partial charge on any atom is -0.326 e. The average molecular weight is 272 g/mol. The third kappa shape index (κ3) is 3.65. The minimum absolute atomic E-state index is 0.181. The van der Waals surface area contributed by atoms with Crippen LogP contribution in [0.1, 0.15) is 23.6 Å². The first kappa shape index (κ1) is 14.2. The molecule has 0 aliphatic rings. The lowest BCUT2D eigenvalue weighted by molar-refractivity contribution is -0.116. The van der Waals surface area contributed by atoms with E-state index in [1.807, 2.05) is 30.3 Å². The molecule has 1 unspecified atom stereocenters. The number of nitrogens with two attached hydrogens (primary N) is 1. The molecule has 3 N–H and O–H groups in total. The molecule has 1 atom stereocenters. The molecule has 0 saturated heterocycles. The van der Waals surface area contributed by atoms with Crippen molar-refractivity contribution in [2.45, 2.75) is 19.4 Å². The number of hydrogen-bond donors (Lipinski definition) is 2. The van der Waals surface area contributed by atoms with Crippen LogP contribution < -0.4 is 11.1 Å². The van der Waals surface area contributed by atoms with Crippen molar-refractivity contribution in [1.29, 1.82) is 0 Å². The van der Waals surface area contributed by atoms with Crippen LogP contribution in [0.15, 0.2) is 48.5 Å². The topological polar surface area (TPSA) is 55.1 Å². The van der Waals surface area contributed by atoms with Crippen molar-refractivity contribution in [1.82, 2.24) is 0 Å². The van der Waals surface area contributed by atoms with Crippen molar-refractivity contribution in [2.75, 3.05) is 5.32 Å². The summed E-state index contributed by atoms with van der Waals surface area (Å²) >= 11 is 0. The standard InChI is InChI=1S/C16H17FN2O/c1-11-9-13(7-8-14(11)17)19-16(20)10-15(18)12-5-3-2-4-6-12/h2-9,15H,10,18H2,1H3,(H,19,20). The fraction of sp³-hybridized carbons (Fsp3) is 0.188. The van der Waals surface area contributed by atoms with Crippen LogP contribution in [-0.2, 0) is 4.79 Å². The van der Waals surface area contributed by atoms with Gasteiger partial charge in [0, 0.05) is 18.2 Å². The van der Waals surface area contributed by atoms with Crippen molar-refractivity contribution < 1.29 is 9.18 Å².